The number of carbonyl (C=O) groups is 1. The van der Waals surface area contributed by atoms with E-state index in [0.717, 1.165) is 70.2 Å². The van der Waals surface area contributed by atoms with Crippen molar-refractivity contribution in [3.05, 3.63) is 70.7 Å². The first-order valence-electron chi connectivity index (χ1n) is 10.7. The van der Waals surface area contributed by atoms with Crippen molar-refractivity contribution in [2.75, 3.05) is 39.3 Å². The number of hydrogen-bond acceptors (Lipinski definition) is 3. The van der Waals surface area contributed by atoms with Gasteiger partial charge in [0.15, 0.2) is 0 Å². The van der Waals surface area contributed by atoms with Crippen LogP contribution in [-0.4, -0.2) is 59.9 Å². The molecule has 2 aliphatic rings. The molecule has 1 atom stereocenters. The SMILES string of the molecule is O=C(C1CCCN(Cc2ccc(Cl)cc2)C1)N1CCN(Cc2ccccc2)CC1. The van der Waals surface area contributed by atoms with Crippen LogP contribution in [0.15, 0.2) is 54.6 Å². The highest BCUT2D eigenvalue weighted by Gasteiger charge is 2.31. The van der Waals surface area contributed by atoms with Crippen LogP contribution in [0.5, 0.6) is 0 Å². The molecular weight excluding hydrogens is 382 g/mol. The Hall–Kier alpha value is -1.88. The van der Waals surface area contributed by atoms with Gasteiger partial charge in [-0.05, 0) is 42.6 Å². The van der Waals surface area contributed by atoms with E-state index in [0.29, 0.717) is 5.91 Å². The van der Waals surface area contributed by atoms with Crippen LogP contribution < -0.4 is 0 Å². The molecule has 1 unspecified atom stereocenters. The molecular formula is C24H30ClN3O. The van der Waals surface area contributed by atoms with E-state index in [2.05, 4.69) is 57.2 Å². The average molecular weight is 412 g/mol. The highest BCUT2D eigenvalue weighted by molar-refractivity contribution is 6.30. The zero-order valence-electron chi connectivity index (χ0n) is 17.0. The fraction of sp³-hybridized carbons (Fsp3) is 0.458. The van der Waals surface area contributed by atoms with Gasteiger partial charge in [-0.3, -0.25) is 14.6 Å². The number of amides is 1. The van der Waals surface area contributed by atoms with Gasteiger partial charge in [0.2, 0.25) is 5.91 Å². The van der Waals surface area contributed by atoms with Crippen LogP contribution in [0.3, 0.4) is 0 Å². The molecule has 4 nitrogen and oxygen atoms in total. The van der Waals surface area contributed by atoms with Crippen molar-refractivity contribution in [1.29, 1.82) is 0 Å². The van der Waals surface area contributed by atoms with Gasteiger partial charge >= 0.3 is 0 Å². The maximum atomic E-state index is 13.1. The Morgan fingerprint density at radius 1 is 0.828 bits per heavy atom. The number of piperidine rings is 1. The molecule has 0 bridgehead atoms. The van der Waals surface area contributed by atoms with Gasteiger partial charge in [0.1, 0.15) is 0 Å². The molecule has 0 radical (unpaired) electrons. The van der Waals surface area contributed by atoms with Crippen LogP contribution in [-0.2, 0) is 17.9 Å². The van der Waals surface area contributed by atoms with E-state index in [1.807, 2.05) is 12.1 Å². The Bertz CT molecular complexity index is 788. The van der Waals surface area contributed by atoms with E-state index in [9.17, 15) is 4.79 Å². The summed E-state index contributed by atoms with van der Waals surface area (Å²) in [7, 11) is 0. The second-order valence-corrected chi connectivity index (χ2v) is 8.72. The molecule has 2 saturated heterocycles. The lowest BCUT2D eigenvalue weighted by molar-refractivity contribution is -0.139. The molecule has 2 aliphatic heterocycles. The van der Waals surface area contributed by atoms with E-state index in [1.54, 1.807) is 0 Å². The van der Waals surface area contributed by atoms with Crippen molar-refractivity contribution < 1.29 is 4.79 Å². The topological polar surface area (TPSA) is 26.8 Å². The van der Waals surface area contributed by atoms with Crippen LogP contribution in [0, 0.1) is 5.92 Å². The van der Waals surface area contributed by atoms with Gasteiger partial charge in [-0.25, -0.2) is 0 Å². The molecule has 2 fully saturated rings. The quantitative estimate of drug-likeness (QED) is 0.746. The first-order valence-corrected chi connectivity index (χ1v) is 11.1. The maximum Gasteiger partial charge on any atom is 0.227 e. The third-order valence-corrected chi connectivity index (χ3v) is 6.36. The molecule has 0 aliphatic carbocycles. The minimum atomic E-state index is 0.136. The first kappa shape index (κ1) is 20.4. The van der Waals surface area contributed by atoms with Gasteiger partial charge < -0.3 is 4.90 Å². The molecule has 0 aromatic heterocycles. The number of benzene rings is 2. The molecule has 154 valence electrons. The van der Waals surface area contributed by atoms with Gasteiger partial charge in [-0.15, -0.1) is 0 Å². The van der Waals surface area contributed by atoms with Crippen molar-refractivity contribution in [1.82, 2.24) is 14.7 Å². The van der Waals surface area contributed by atoms with Crippen LogP contribution in [0.2, 0.25) is 5.02 Å². The summed E-state index contributed by atoms with van der Waals surface area (Å²) in [4.78, 5) is 20.1. The monoisotopic (exact) mass is 411 g/mol. The molecule has 0 N–H and O–H groups in total. The largest absolute Gasteiger partial charge is 0.340 e. The van der Waals surface area contributed by atoms with Gasteiger partial charge in [0.25, 0.3) is 0 Å². The minimum Gasteiger partial charge on any atom is -0.340 e. The number of hydrogen-bond donors (Lipinski definition) is 0. The number of rotatable bonds is 5. The maximum absolute atomic E-state index is 13.1. The third kappa shape index (κ3) is 5.59. The number of nitrogens with zero attached hydrogens (tertiary/aromatic N) is 3. The normalized spacial score (nSPS) is 21.3. The van der Waals surface area contributed by atoms with Crippen molar-refractivity contribution >= 4 is 17.5 Å². The Kier molecular flexibility index (Phi) is 6.86. The van der Waals surface area contributed by atoms with Crippen LogP contribution >= 0.6 is 11.6 Å². The molecule has 4 rings (SSSR count). The van der Waals surface area contributed by atoms with E-state index >= 15 is 0 Å². The summed E-state index contributed by atoms with van der Waals surface area (Å²) >= 11 is 5.99. The van der Waals surface area contributed by atoms with Crippen LogP contribution in [0.25, 0.3) is 0 Å². The smallest absolute Gasteiger partial charge is 0.227 e. The fourth-order valence-electron chi connectivity index (χ4n) is 4.47. The third-order valence-electron chi connectivity index (χ3n) is 6.11. The van der Waals surface area contributed by atoms with Crippen molar-refractivity contribution in [2.24, 2.45) is 5.92 Å². The van der Waals surface area contributed by atoms with Gasteiger partial charge in [-0.2, -0.15) is 0 Å². The predicted octanol–water partition coefficient (Wildman–Crippen LogP) is 3.90. The Balaban J connectivity index is 1.26. The molecule has 5 heteroatoms. The van der Waals surface area contributed by atoms with E-state index < -0.39 is 0 Å². The molecule has 2 heterocycles. The van der Waals surface area contributed by atoms with Gasteiger partial charge in [0.05, 0.1) is 5.92 Å². The Labute approximate surface area is 179 Å². The Morgan fingerprint density at radius 2 is 1.48 bits per heavy atom. The van der Waals surface area contributed by atoms with E-state index in [-0.39, 0.29) is 5.92 Å². The van der Waals surface area contributed by atoms with Crippen LogP contribution in [0.4, 0.5) is 0 Å². The number of carbonyl (C=O) groups excluding carboxylic acids is 1. The summed E-state index contributed by atoms with van der Waals surface area (Å²) in [6, 6.07) is 18.6. The lowest BCUT2D eigenvalue weighted by Crippen LogP contribution is -2.52. The standard InChI is InChI=1S/C24H30ClN3O/c25-23-10-8-21(9-11-23)18-27-12-4-7-22(19-27)24(29)28-15-13-26(14-16-28)17-20-5-2-1-3-6-20/h1-3,5-6,8-11,22H,4,7,12-19H2. The number of likely N-dealkylation sites (tertiary alicyclic amines) is 1. The molecule has 29 heavy (non-hydrogen) atoms. The van der Waals surface area contributed by atoms with Gasteiger partial charge in [0, 0.05) is 50.8 Å². The lowest BCUT2D eigenvalue weighted by atomic mass is 9.95. The van der Waals surface area contributed by atoms with Crippen LogP contribution in [0.1, 0.15) is 24.0 Å². The summed E-state index contributed by atoms with van der Waals surface area (Å²) < 4.78 is 0. The summed E-state index contributed by atoms with van der Waals surface area (Å²) in [5, 5.41) is 0.770. The summed E-state index contributed by atoms with van der Waals surface area (Å²) in [5.74, 6) is 0.488. The summed E-state index contributed by atoms with van der Waals surface area (Å²) in [6.07, 6.45) is 2.11. The minimum absolute atomic E-state index is 0.136. The molecule has 2 aromatic rings. The molecule has 2 aromatic carbocycles. The van der Waals surface area contributed by atoms with Crippen molar-refractivity contribution in [2.45, 2.75) is 25.9 Å². The molecule has 1 amide bonds. The highest BCUT2D eigenvalue weighted by Crippen LogP contribution is 2.22. The van der Waals surface area contributed by atoms with E-state index in [1.165, 1.54) is 11.1 Å². The molecule has 0 spiro atoms. The average Bonchev–Trinajstić information content (AvgIpc) is 2.76. The second kappa shape index (κ2) is 9.75. The summed E-state index contributed by atoms with van der Waals surface area (Å²) in [5.41, 5.74) is 2.61. The predicted molar refractivity (Wildman–Crippen MR) is 118 cm³/mol. The highest BCUT2D eigenvalue weighted by atomic mass is 35.5. The van der Waals surface area contributed by atoms with E-state index in [4.69, 9.17) is 11.6 Å². The lowest BCUT2D eigenvalue weighted by Gasteiger charge is -2.39. The van der Waals surface area contributed by atoms with Crippen molar-refractivity contribution in [3.63, 3.8) is 0 Å². The number of halogens is 1. The Morgan fingerprint density at radius 3 is 2.21 bits per heavy atom. The van der Waals surface area contributed by atoms with Gasteiger partial charge in [-0.1, -0.05) is 54.1 Å². The first-order chi connectivity index (χ1) is 14.2. The summed E-state index contributed by atoms with van der Waals surface area (Å²) in [6.45, 7) is 7.41. The zero-order chi connectivity index (χ0) is 20.1. The molecule has 0 saturated carbocycles. The number of piperazine rings is 1. The van der Waals surface area contributed by atoms with Crippen molar-refractivity contribution in [3.8, 4) is 0 Å². The zero-order valence-corrected chi connectivity index (χ0v) is 17.7. The fourth-order valence-corrected chi connectivity index (χ4v) is 4.60. The second-order valence-electron chi connectivity index (χ2n) is 8.29.